The highest BCUT2D eigenvalue weighted by Gasteiger charge is 2.55. The number of carbonyl (C=O) groups excluding carboxylic acids is 9. The number of hydrogen-bond donors (Lipinski definition) is 10. The second kappa shape index (κ2) is 26.9. The van der Waals surface area contributed by atoms with Crippen LogP contribution >= 0.6 is 11.8 Å². The molecular weight excluding hydrogens is 1120 g/mol. The molecule has 4 atom stereocenters. The molecule has 4 aliphatic rings. The summed E-state index contributed by atoms with van der Waals surface area (Å²) in [6.45, 7) is 0.483. The maximum atomic E-state index is 15.4. The fraction of sp³-hybridized carbons (Fsp3) is 0.345. The molecular formula is C55H59FN10O17S. The Morgan fingerprint density at radius 2 is 1.52 bits per heavy atom. The van der Waals surface area contributed by atoms with E-state index in [1.165, 1.54) is 71.3 Å². The number of carboxylic acid groups (broad SMARTS) is 1. The van der Waals surface area contributed by atoms with Gasteiger partial charge in [0.15, 0.2) is 23.0 Å². The van der Waals surface area contributed by atoms with Gasteiger partial charge in [-0.15, -0.1) is 11.8 Å². The highest BCUT2D eigenvalue weighted by molar-refractivity contribution is 8.00. The lowest BCUT2D eigenvalue weighted by Crippen LogP contribution is -2.71. The number of rotatable bonds is 22. The van der Waals surface area contributed by atoms with Crippen molar-refractivity contribution in [3.63, 3.8) is 0 Å². The standard InChI is InChI=1S/C55H59FN10O17S/c1-30(67)58-24-34-26-65(55(81)83-34)33-15-16-38(37(56)23-33)62-19-21-63(22-20-62)42(71)25-59-54(80)82-28-32-29-84-52-44(51(77)66(52)45(32)53(78)79)61-49(75)43(31-9-3-2-4-10-31)60-41(70)27-64(50(76)36-12-8-14-40(69)47(36)73)18-6-5-17-57-48(74)35-11-7-13-39(68)46(35)72/h2-4,7-16,23,34,43-44,52,68-69,72-73H,5-6,17-22,24-29H2,1H3,(H,57,74)(H,58,67)(H,59,80)(H,60,70)(H,61,75)(H,78,79)/t34-,43?,44+,52+/m0/s1. The molecule has 84 heavy (non-hydrogen) atoms. The third kappa shape index (κ3) is 14.1. The number of para-hydroxylation sites is 2. The van der Waals surface area contributed by atoms with Crippen LogP contribution < -0.4 is 36.4 Å². The monoisotopic (exact) mass is 1180 g/mol. The smallest absolute Gasteiger partial charge is 0.414 e. The van der Waals surface area contributed by atoms with E-state index in [9.17, 15) is 73.5 Å². The Hall–Kier alpha value is -9.80. The van der Waals surface area contributed by atoms with Crippen LogP contribution in [0.15, 0.2) is 96.2 Å². The number of amides is 9. The van der Waals surface area contributed by atoms with E-state index in [2.05, 4.69) is 26.6 Å². The number of β-lactam (4-membered cyclic amide) rings is 1. The first-order valence-electron chi connectivity index (χ1n) is 26.3. The number of aromatic hydroxyl groups is 4. The Labute approximate surface area is 482 Å². The lowest BCUT2D eigenvalue weighted by Gasteiger charge is -2.49. The quantitative estimate of drug-likeness (QED) is 0.0302. The number of alkyl carbamates (subject to hydrolysis) is 1. The van der Waals surface area contributed by atoms with Gasteiger partial charge in [-0.05, 0) is 60.9 Å². The number of cyclic esters (lactones) is 1. The molecule has 0 radical (unpaired) electrons. The molecule has 0 saturated carbocycles. The molecule has 29 heteroatoms. The molecule has 10 N–H and O–H groups in total. The van der Waals surface area contributed by atoms with Gasteiger partial charge in [-0.2, -0.15) is 0 Å². The molecule has 0 spiro atoms. The summed E-state index contributed by atoms with van der Waals surface area (Å²) in [5.41, 5.74) is -0.194. The van der Waals surface area contributed by atoms with E-state index >= 15 is 4.39 Å². The van der Waals surface area contributed by atoms with Gasteiger partial charge in [-0.1, -0.05) is 42.5 Å². The number of benzene rings is 4. The third-order valence-electron chi connectivity index (χ3n) is 13.9. The number of carbonyl (C=O) groups is 10. The average molecular weight is 1180 g/mol. The van der Waals surface area contributed by atoms with Crippen LogP contribution in [0.3, 0.4) is 0 Å². The molecule has 3 saturated heterocycles. The number of anilines is 2. The van der Waals surface area contributed by atoms with Gasteiger partial charge >= 0.3 is 18.2 Å². The molecule has 444 valence electrons. The molecule has 1 unspecified atom stereocenters. The van der Waals surface area contributed by atoms with Crippen molar-refractivity contribution < 1.29 is 87.3 Å². The second-order valence-electron chi connectivity index (χ2n) is 19.6. The van der Waals surface area contributed by atoms with Gasteiger partial charge in [0.25, 0.3) is 17.7 Å². The van der Waals surface area contributed by atoms with E-state index < -0.39 is 131 Å². The zero-order valence-electron chi connectivity index (χ0n) is 44.9. The molecule has 4 aliphatic heterocycles. The molecule has 4 aromatic carbocycles. The van der Waals surface area contributed by atoms with E-state index in [1.54, 1.807) is 29.2 Å². The molecule has 4 aromatic rings. The molecule has 0 bridgehead atoms. The first kappa shape index (κ1) is 60.3. The number of nitrogens with one attached hydrogen (secondary N) is 5. The average Bonchev–Trinajstić information content (AvgIpc) is 3.31. The lowest BCUT2D eigenvalue weighted by atomic mass is 10.0. The molecule has 0 aliphatic carbocycles. The summed E-state index contributed by atoms with van der Waals surface area (Å²) in [5.74, 6) is -9.57. The minimum Gasteiger partial charge on any atom is -0.504 e. The van der Waals surface area contributed by atoms with Crippen LogP contribution in [0.25, 0.3) is 0 Å². The third-order valence-corrected chi connectivity index (χ3v) is 15.3. The number of piperazine rings is 1. The van der Waals surface area contributed by atoms with E-state index in [4.69, 9.17) is 9.47 Å². The number of thioether (sulfide) groups is 1. The largest absolute Gasteiger partial charge is 0.504 e. The Morgan fingerprint density at radius 1 is 0.833 bits per heavy atom. The number of phenols is 4. The molecule has 27 nitrogen and oxygen atoms in total. The van der Waals surface area contributed by atoms with Crippen molar-refractivity contribution in [1.82, 2.24) is 41.3 Å². The number of unbranched alkanes of at least 4 members (excludes halogenated alkanes) is 1. The molecule has 4 heterocycles. The lowest BCUT2D eigenvalue weighted by molar-refractivity contribution is -0.151. The van der Waals surface area contributed by atoms with Crippen LogP contribution in [0, 0.1) is 5.82 Å². The van der Waals surface area contributed by atoms with E-state index in [0.29, 0.717) is 0 Å². The normalized spacial score (nSPS) is 17.7. The van der Waals surface area contributed by atoms with Gasteiger partial charge in [0.2, 0.25) is 23.6 Å². The number of nitrogens with zero attached hydrogens (tertiary/aromatic N) is 5. The van der Waals surface area contributed by atoms with Gasteiger partial charge in [-0.3, -0.25) is 43.4 Å². The second-order valence-corrected chi connectivity index (χ2v) is 20.7. The van der Waals surface area contributed by atoms with Crippen molar-refractivity contribution in [1.29, 1.82) is 0 Å². The Bertz CT molecular complexity index is 3270. The Morgan fingerprint density at radius 3 is 2.20 bits per heavy atom. The zero-order chi connectivity index (χ0) is 60.4. The van der Waals surface area contributed by atoms with Gasteiger partial charge in [0.05, 0.1) is 42.1 Å². The SMILES string of the molecule is CC(=O)NC[C@H]1CN(c2ccc(N3CCN(C(=O)CNC(=O)OCC4=C(C(=O)O)N5C(=O)[C@@H](NC(=O)C(NC(=O)CN(CCCCNC(=O)c6cccc(O)c6O)C(=O)c6cccc(O)c6O)c6ccccc6)[C@H]5SC4)CC3)c(F)c2)C(=O)O1. The van der Waals surface area contributed by atoms with Gasteiger partial charge in [0, 0.05) is 57.5 Å². The predicted octanol–water partition coefficient (Wildman–Crippen LogP) is 1.43. The number of hydrogen-bond acceptors (Lipinski definition) is 18. The summed E-state index contributed by atoms with van der Waals surface area (Å²) in [6, 6.07) is 16.9. The minimum absolute atomic E-state index is 0.0364. The summed E-state index contributed by atoms with van der Waals surface area (Å²) in [7, 11) is 0. The van der Waals surface area contributed by atoms with Gasteiger partial charge < -0.3 is 76.3 Å². The van der Waals surface area contributed by atoms with E-state index in [0.717, 1.165) is 27.6 Å². The van der Waals surface area contributed by atoms with Crippen molar-refractivity contribution in [3.8, 4) is 23.0 Å². The summed E-state index contributed by atoms with van der Waals surface area (Å²) < 4.78 is 25.9. The highest BCUT2D eigenvalue weighted by atomic mass is 32.2. The number of ether oxygens (including phenoxy) is 2. The Kier molecular flexibility index (Phi) is 19.3. The maximum absolute atomic E-state index is 15.4. The van der Waals surface area contributed by atoms with Gasteiger partial charge in [0.1, 0.15) is 48.2 Å². The summed E-state index contributed by atoms with van der Waals surface area (Å²) in [4.78, 5) is 137. The fourth-order valence-electron chi connectivity index (χ4n) is 9.60. The van der Waals surface area contributed by atoms with Crippen LogP contribution in [-0.2, 0) is 38.2 Å². The highest BCUT2D eigenvalue weighted by Crippen LogP contribution is 2.41. The van der Waals surface area contributed by atoms with Crippen molar-refractivity contribution in [2.75, 3.05) is 87.6 Å². The van der Waals surface area contributed by atoms with Crippen LogP contribution in [0.2, 0.25) is 0 Å². The molecule has 3 fully saturated rings. The van der Waals surface area contributed by atoms with Gasteiger partial charge in [-0.25, -0.2) is 18.8 Å². The summed E-state index contributed by atoms with van der Waals surface area (Å²) in [6.07, 6.45) is -1.95. The van der Waals surface area contributed by atoms with Crippen LogP contribution in [0.4, 0.5) is 25.4 Å². The maximum Gasteiger partial charge on any atom is 0.414 e. The van der Waals surface area contributed by atoms with Crippen molar-refractivity contribution in [2.45, 2.75) is 43.3 Å². The number of carboxylic acids is 1. The molecule has 9 amide bonds. The van der Waals surface area contributed by atoms with Crippen LogP contribution in [0.1, 0.15) is 52.1 Å². The van der Waals surface area contributed by atoms with Crippen molar-refractivity contribution in [2.24, 2.45) is 0 Å². The van der Waals surface area contributed by atoms with E-state index in [-0.39, 0.29) is 110 Å². The predicted molar refractivity (Wildman–Crippen MR) is 295 cm³/mol. The zero-order valence-corrected chi connectivity index (χ0v) is 45.8. The number of phenolic OH excluding ortho intramolecular Hbond substituents is 4. The van der Waals surface area contributed by atoms with Crippen molar-refractivity contribution in [3.05, 3.63) is 119 Å². The number of aliphatic carboxylic acids is 1. The van der Waals surface area contributed by atoms with Crippen LogP contribution in [0.5, 0.6) is 23.0 Å². The topological polar surface area (TPSA) is 367 Å². The van der Waals surface area contributed by atoms with Crippen molar-refractivity contribution >= 4 is 82.6 Å². The Balaban J connectivity index is 0.824. The fourth-order valence-corrected chi connectivity index (χ4v) is 10.9. The minimum atomic E-state index is -1.53. The van der Waals surface area contributed by atoms with E-state index in [1.807, 2.05) is 0 Å². The summed E-state index contributed by atoms with van der Waals surface area (Å²) >= 11 is 1.06. The first-order chi connectivity index (χ1) is 40.2. The summed E-state index contributed by atoms with van der Waals surface area (Å²) in [5, 5.41) is 62.6. The number of fused-ring (bicyclic) bond motifs is 1. The van der Waals surface area contributed by atoms with Crippen LogP contribution in [-0.4, -0.2) is 195 Å². The number of halogens is 1. The molecule has 0 aromatic heterocycles. The first-order valence-corrected chi connectivity index (χ1v) is 27.3. The molecule has 8 rings (SSSR count).